The predicted molar refractivity (Wildman–Crippen MR) is 52.3 cm³/mol. The highest BCUT2D eigenvalue weighted by Crippen LogP contribution is 2.09. The number of rotatable bonds is 2. The summed E-state index contributed by atoms with van der Waals surface area (Å²) in [5.74, 6) is 0.147. The van der Waals surface area contributed by atoms with E-state index in [2.05, 4.69) is 10.6 Å². The maximum Gasteiger partial charge on any atom is 0.183 e. The lowest BCUT2D eigenvalue weighted by molar-refractivity contribution is 0.0932. The third kappa shape index (κ3) is 1.96. The Bertz CT molecular complexity index is 278. The number of hydrogen-bond donors (Lipinski definition) is 1. The minimum absolute atomic E-state index is 0.147. The molecule has 1 N–H and O–H groups in total. The lowest BCUT2D eigenvalue weighted by Crippen LogP contribution is -2.48. The van der Waals surface area contributed by atoms with Crippen LogP contribution in [0.4, 0.5) is 0 Å². The number of piperazine rings is 1. The van der Waals surface area contributed by atoms with E-state index in [9.17, 15) is 4.79 Å². The molecule has 0 bridgehead atoms. The molecule has 0 spiro atoms. The van der Waals surface area contributed by atoms with Crippen LogP contribution in [0.3, 0.4) is 0 Å². The minimum Gasteiger partial charge on any atom is -0.313 e. The summed E-state index contributed by atoms with van der Waals surface area (Å²) in [6, 6.07) is 1.69. The SMILES string of the molecule is O=C(c1ccsc1)C1CNCC[N]1. The highest BCUT2D eigenvalue weighted by molar-refractivity contribution is 7.08. The number of ketones is 1. The standard InChI is InChI=1S/C9H11N2OS/c12-9(7-1-4-13-6-7)8-5-10-2-3-11-8/h1,4,6,8,10H,2-3,5H2. The molecule has 1 unspecified atom stereocenters. The van der Waals surface area contributed by atoms with Gasteiger partial charge in [0.25, 0.3) is 0 Å². The monoisotopic (exact) mass is 195 g/mol. The molecule has 1 radical (unpaired) electrons. The van der Waals surface area contributed by atoms with Gasteiger partial charge < -0.3 is 5.32 Å². The zero-order valence-corrected chi connectivity index (χ0v) is 8.01. The molecule has 0 saturated carbocycles. The average molecular weight is 195 g/mol. The summed E-state index contributed by atoms with van der Waals surface area (Å²) in [5, 5.41) is 11.2. The van der Waals surface area contributed by atoms with Crippen molar-refractivity contribution < 1.29 is 4.79 Å². The van der Waals surface area contributed by atoms with Gasteiger partial charge in [0, 0.05) is 30.6 Å². The molecule has 3 nitrogen and oxygen atoms in total. The van der Waals surface area contributed by atoms with Gasteiger partial charge in [0.2, 0.25) is 0 Å². The Labute approximate surface area is 81.2 Å². The second-order valence-corrected chi connectivity index (χ2v) is 3.78. The summed E-state index contributed by atoms with van der Waals surface area (Å²) in [4.78, 5) is 11.7. The molecule has 0 aromatic carbocycles. The van der Waals surface area contributed by atoms with E-state index < -0.39 is 0 Å². The van der Waals surface area contributed by atoms with E-state index in [0.29, 0.717) is 6.54 Å². The van der Waals surface area contributed by atoms with Gasteiger partial charge in [-0.05, 0) is 11.4 Å². The normalized spacial score (nSPS) is 22.9. The van der Waals surface area contributed by atoms with Gasteiger partial charge >= 0.3 is 0 Å². The quantitative estimate of drug-likeness (QED) is 0.699. The molecular weight excluding hydrogens is 184 g/mol. The number of carbonyl (C=O) groups is 1. The molecule has 1 aromatic rings. The Morgan fingerprint density at radius 3 is 3.23 bits per heavy atom. The molecule has 0 amide bonds. The first-order valence-electron chi connectivity index (χ1n) is 4.31. The Balaban J connectivity index is 2.04. The third-order valence-corrected chi connectivity index (χ3v) is 2.77. The average Bonchev–Trinajstić information content (AvgIpc) is 2.71. The van der Waals surface area contributed by atoms with Crippen LogP contribution in [-0.4, -0.2) is 31.5 Å². The fourth-order valence-electron chi connectivity index (χ4n) is 1.38. The van der Waals surface area contributed by atoms with Crippen molar-refractivity contribution in [3.63, 3.8) is 0 Å². The first-order chi connectivity index (χ1) is 6.38. The van der Waals surface area contributed by atoms with Crippen LogP contribution in [0.2, 0.25) is 0 Å². The molecule has 1 saturated heterocycles. The summed E-state index contributed by atoms with van der Waals surface area (Å²) in [7, 11) is 0. The molecule has 69 valence electrons. The lowest BCUT2D eigenvalue weighted by atomic mass is 10.1. The molecule has 4 heteroatoms. The fourth-order valence-corrected chi connectivity index (χ4v) is 2.02. The number of nitrogens with one attached hydrogen (secondary N) is 1. The van der Waals surface area contributed by atoms with E-state index in [1.807, 2.05) is 16.8 Å². The van der Waals surface area contributed by atoms with Gasteiger partial charge in [0.1, 0.15) is 6.04 Å². The lowest BCUT2D eigenvalue weighted by Gasteiger charge is -2.20. The largest absolute Gasteiger partial charge is 0.313 e. The van der Waals surface area contributed by atoms with Gasteiger partial charge in [-0.1, -0.05) is 0 Å². The van der Waals surface area contributed by atoms with Crippen molar-refractivity contribution in [3.05, 3.63) is 22.4 Å². The maximum absolute atomic E-state index is 11.7. The van der Waals surface area contributed by atoms with Crippen molar-refractivity contribution in [1.82, 2.24) is 10.6 Å². The second kappa shape index (κ2) is 4.00. The van der Waals surface area contributed by atoms with Crippen LogP contribution in [0.1, 0.15) is 10.4 Å². The Kier molecular flexibility index (Phi) is 2.73. The molecule has 13 heavy (non-hydrogen) atoms. The van der Waals surface area contributed by atoms with Gasteiger partial charge in [-0.2, -0.15) is 11.3 Å². The molecule has 2 rings (SSSR count). The summed E-state index contributed by atoms with van der Waals surface area (Å²) >= 11 is 1.55. The van der Waals surface area contributed by atoms with Crippen molar-refractivity contribution in [2.24, 2.45) is 0 Å². The highest BCUT2D eigenvalue weighted by atomic mass is 32.1. The first-order valence-corrected chi connectivity index (χ1v) is 5.26. The van der Waals surface area contributed by atoms with Crippen molar-refractivity contribution in [2.45, 2.75) is 6.04 Å². The molecular formula is C9H11N2OS. The van der Waals surface area contributed by atoms with Crippen LogP contribution < -0.4 is 10.6 Å². The highest BCUT2D eigenvalue weighted by Gasteiger charge is 2.22. The van der Waals surface area contributed by atoms with E-state index in [4.69, 9.17) is 0 Å². The molecule has 1 aliphatic rings. The van der Waals surface area contributed by atoms with Crippen LogP contribution in [0.15, 0.2) is 16.8 Å². The van der Waals surface area contributed by atoms with Gasteiger partial charge in [-0.3, -0.25) is 4.79 Å². The van der Waals surface area contributed by atoms with E-state index >= 15 is 0 Å². The van der Waals surface area contributed by atoms with Gasteiger partial charge in [0.05, 0.1) is 0 Å². The molecule has 1 aromatic heterocycles. The maximum atomic E-state index is 11.7. The van der Waals surface area contributed by atoms with Crippen LogP contribution in [-0.2, 0) is 0 Å². The summed E-state index contributed by atoms with van der Waals surface area (Å²) in [5.41, 5.74) is 0.794. The van der Waals surface area contributed by atoms with E-state index in [0.717, 1.165) is 18.7 Å². The second-order valence-electron chi connectivity index (χ2n) is 3.00. The number of carbonyl (C=O) groups excluding carboxylic acids is 1. The van der Waals surface area contributed by atoms with Crippen LogP contribution in [0, 0.1) is 0 Å². The summed E-state index contributed by atoms with van der Waals surface area (Å²) in [6.07, 6.45) is 0. The van der Waals surface area contributed by atoms with Crippen LogP contribution >= 0.6 is 11.3 Å². The van der Waals surface area contributed by atoms with Crippen molar-refractivity contribution >= 4 is 17.1 Å². The van der Waals surface area contributed by atoms with Crippen molar-refractivity contribution in [1.29, 1.82) is 0 Å². The van der Waals surface area contributed by atoms with Gasteiger partial charge in [0.15, 0.2) is 5.78 Å². The van der Waals surface area contributed by atoms with E-state index in [1.165, 1.54) is 0 Å². The fraction of sp³-hybridized carbons (Fsp3) is 0.444. The summed E-state index contributed by atoms with van der Waals surface area (Å²) < 4.78 is 0. The number of Topliss-reactive ketones (excluding diaryl/α,β-unsaturated/α-hetero) is 1. The van der Waals surface area contributed by atoms with Crippen LogP contribution in [0.25, 0.3) is 0 Å². The smallest absolute Gasteiger partial charge is 0.183 e. The zero-order chi connectivity index (χ0) is 9.10. The zero-order valence-electron chi connectivity index (χ0n) is 7.19. The van der Waals surface area contributed by atoms with E-state index in [1.54, 1.807) is 11.3 Å². The predicted octanol–water partition coefficient (Wildman–Crippen LogP) is 0.507. The molecule has 1 aliphatic heterocycles. The Hall–Kier alpha value is -0.710. The van der Waals surface area contributed by atoms with Crippen LogP contribution in [0.5, 0.6) is 0 Å². The van der Waals surface area contributed by atoms with Gasteiger partial charge in [-0.25, -0.2) is 5.32 Å². The molecule has 1 fully saturated rings. The Morgan fingerprint density at radius 2 is 2.62 bits per heavy atom. The topological polar surface area (TPSA) is 43.2 Å². The molecule has 0 aliphatic carbocycles. The number of thiophene rings is 1. The number of hydrogen-bond acceptors (Lipinski definition) is 3. The summed E-state index contributed by atoms with van der Waals surface area (Å²) in [6.45, 7) is 2.34. The van der Waals surface area contributed by atoms with Crippen molar-refractivity contribution in [3.8, 4) is 0 Å². The number of nitrogens with zero attached hydrogens (tertiary/aromatic N) is 1. The molecule has 1 atom stereocenters. The van der Waals surface area contributed by atoms with Gasteiger partial charge in [-0.15, -0.1) is 0 Å². The van der Waals surface area contributed by atoms with Crippen molar-refractivity contribution in [2.75, 3.05) is 19.6 Å². The minimum atomic E-state index is -0.164. The van der Waals surface area contributed by atoms with E-state index in [-0.39, 0.29) is 11.8 Å². The first kappa shape index (κ1) is 8.87. The third-order valence-electron chi connectivity index (χ3n) is 2.08. The Morgan fingerprint density at radius 1 is 1.69 bits per heavy atom. The molecule has 2 heterocycles.